The fourth-order valence-corrected chi connectivity index (χ4v) is 2.84. The van der Waals surface area contributed by atoms with Gasteiger partial charge in [0.2, 0.25) is 0 Å². The predicted molar refractivity (Wildman–Crippen MR) is 79.6 cm³/mol. The molecule has 0 saturated carbocycles. The Bertz CT molecular complexity index is 392. The van der Waals surface area contributed by atoms with Gasteiger partial charge in [-0.05, 0) is 57.5 Å². The highest BCUT2D eigenvalue weighted by Gasteiger charge is 2.17. The first-order valence-electron chi connectivity index (χ1n) is 6.87. The van der Waals surface area contributed by atoms with Gasteiger partial charge in [0.25, 0.3) is 0 Å². The van der Waals surface area contributed by atoms with Gasteiger partial charge in [0.1, 0.15) is 0 Å². The van der Waals surface area contributed by atoms with E-state index in [-0.39, 0.29) is 0 Å². The number of hydrogen-bond donors (Lipinski definition) is 1. The average molecular weight is 267 g/mol. The number of nitrogens with zero attached hydrogens (tertiary/aromatic N) is 1. The minimum Gasteiger partial charge on any atom is -0.385 e. The topological polar surface area (TPSA) is 15.3 Å². The van der Waals surface area contributed by atoms with Crippen molar-refractivity contribution in [2.45, 2.75) is 38.6 Å². The Kier molecular flexibility index (Phi) is 4.90. The van der Waals surface area contributed by atoms with Crippen LogP contribution in [-0.2, 0) is 0 Å². The second-order valence-corrected chi connectivity index (χ2v) is 5.74. The number of anilines is 1. The summed E-state index contributed by atoms with van der Waals surface area (Å²) < 4.78 is 0. The molecule has 1 saturated heterocycles. The highest BCUT2D eigenvalue weighted by Crippen LogP contribution is 2.21. The third-order valence-corrected chi connectivity index (χ3v) is 4.15. The Hall–Kier alpha value is -0.730. The van der Waals surface area contributed by atoms with Crippen molar-refractivity contribution in [3.05, 3.63) is 28.8 Å². The standard InChI is InChI=1S/C15H23ClN2/c1-12-6-7-13(16)11-15(12)17-9-8-14-5-3-4-10-18(14)2/h6-7,11,14,17H,3-5,8-10H2,1-2H3. The molecule has 1 aromatic rings. The molecule has 0 aromatic heterocycles. The second kappa shape index (κ2) is 6.44. The van der Waals surface area contributed by atoms with Crippen LogP contribution in [0.25, 0.3) is 0 Å². The van der Waals surface area contributed by atoms with E-state index in [0.29, 0.717) is 0 Å². The van der Waals surface area contributed by atoms with Gasteiger partial charge in [-0.2, -0.15) is 0 Å². The van der Waals surface area contributed by atoms with E-state index in [9.17, 15) is 0 Å². The summed E-state index contributed by atoms with van der Waals surface area (Å²) in [7, 11) is 2.24. The second-order valence-electron chi connectivity index (χ2n) is 5.30. The van der Waals surface area contributed by atoms with Crippen LogP contribution in [0.4, 0.5) is 5.69 Å². The number of aryl methyl sites for hydroxylation is 1. The largest absolute Gasteiger partial charge is 0.385 e. The van der Waals surface area contributed by atoms with E-state index in [1.807, 2.05) is 12.1 Å². The van der Waals surface area contributed by atoms with Gasteiger partial charge in [0.05, 0.1) is 0 Å². The van der Waals surface area contributed by atoms with Gasteiger partial charge in [-0.1, -0.05) is 24.1 Å². The molecule has 1 aliphatic heterocycles. The highest BCUT2D eigenvalue weighted by molar-refractivity contribution is 6.30. The summed E-state index contributed by atoms with van der Waals surface area (Å²) in [4.78, 5) is 2.50. The lowest BCUT2D eigenvalue weighted by atomic mass is 10.00. The Morgan fingerprint density at radius 3 is 3.00 bits per heavy atom. The van der Waals surface area contributed by atoms with Crippen LogP contribution >= 0.6 is 11.6 Å². The SMILES string of the molecule is Cc1ccc(Cl)cc1NCCC1CCCCN1C. The lowest BCUT2D eigenvalue weighted by Crippen LogP contribution is -2.37. The fraction of sp³-hybridized carbons (Fsp3) is 0.600. The van der Waals surface area contributed by atoms with Gasteiger partial charge in [-0.3, -0.25) is 0 Å². The summed E-state index contributed by atoms with van der Waals surface area (Å²) in [6, 6.07) is 6.77. The Balaban J connectivity index is 1.82. The molecule has 1 fully saturated rings. The van der Waals surface area contributed by atoms with Gasteiger partial charge in [-0.15, -0.1) is 0 Å². The van der Waals surface area contributed by atoms with Crippen molar-refractivity contribution in [3.8, 4) is 0 Å². The summed E-state index contributed by atoms with van der Waals surface area (Å²) in [6.07, 6.45) is 5.29. The van der Waals surface area contributed by atoms with Crippen LogP contribution < -0.4 is 5.32 Å². The van der Waals surface area contributed by atoms with E-state index in [1.54, 1.807) is 0 Å². The van der Waals surface area contributed by atoms with Gasteiger partial charge >= 0.3 is 0 Å². The van der Waals surface area contributed by atoms with Crippen LogP contribution in [0.1, 0.15) is 31.2 Å². The summed E-state index contributed by atoms with van der Waals surface area (Å²) in [5.41, 5.74) is 2.43. The zero-order valence-electron chi connectivity index (χ0n) is 11.4. The van der Waals surface area contributed by atoms with E-state index in [0.717, 1.165) is 17.6 Å². The smallest absolute Gasteiger partial charge is 0.0426 e. The molecule has 0 bridgehead atoms. The maximum Gasteiger partial charge on any atom is 0.0426 e. The van der Waals surface area contributed by atoms with Gasteiger partial charge < -0.3 is 10.2 Å². The van der Waals surface area contributed by atoms with Crippen LogP contribution in [0, 0.1) is 6.92 Å². The number of nitrogens with one attached hydrogen (secondary N) is 1. The zero-order chi connectivity index (χ0) is 13.0. The van der Waals surface area contributed by atoms with Crippen molar-refractivity contribution in [2.24, 2.45) is 0 Å². The van der Waals surface area contributed by atoms with E-state index >= 15 is 0 Å². The molecule has 1 atom stereocenters. The van der Waals surface area contributed by atoms with E-state index < -0.39 is 0 Å². The van der Waals surface area contributed by atoms with E-state index in [2.05, 4.69) is 30.3 Å². The fourth-order valence-electron chi connectivity index (χ4n) is 2.67. The summed E-state index contributed by atoms with van der Waals surface area (Å²) in [5, 5.41) is 4.31. The Morgan fingerprint density at radius 2 is 2.22 bits per heavy atom. The number of rotatable bonds is 4. The van der Waals surface area contributed by atoms with Crippen LogP contribution in [0.3, 0.4) is 0 Å². The molecule has 1 unspecified atom stereocenters. The van der Waals surface area contributed by atoms with Gasteiger partial charge in [-0.25, -0.2) is 0 Å². The maximum atomic E-state index is 6.02. The molecular weight excluding hydrogens is 244 g/mol. The molecule has 1 aliphatic rings. The monoisotopic (exact) mass is 266 g/mol. The third-order valence-electron chi connectivity index (χ3n) is 3.91. The lowest BCUT2D eigenvalue weighted by molar-refractivity contribution is 0.179. The van der Waals surface area contributed by atoms with E-state index in [1.165, 1.54) is 43.5 Å². The molecule has 1 heterocycles. The first kappa shape index (κ1) is 13.7. The number of piperidine rings is 1. The molecule has 0 aliphatic carbocycles. The minimum absolute atomic E-state index is 0.741. The maximum absolute atomic E-state index is 6.02. The van der Waals surface area contributed by atoms with Crippen molar-refractivity contribution < 1.29 is 0 Å². The van der Waals surface area contributed by atoms with Gasteiger partial charge in [0.15, 0.2) is 0 Å². The molecule has 1 N–H and O–H groups in total. The van der Waals surface area contributed by atoms with Crippen LogP contribution in [-0.4, -0.2) is 31.1 Å². The molecule has 0 amide bonds. The van der Waals surface area contributed by atoms with E-state index in [4.69, 9.17) is 11.6 Å². The first-order valence-corrected chi connectivity index (χ1v) is 7.25. The molecule has 1 aromatic carbocycles. The van der Waals surface area contributed by atoms with Crippen molar-refractivity contribution in [3.63, 3.8) is 0 Å². The summed E-state index contributed by atoms with van der Waals surface area (Å²) >= 11 is 6.02. The molecule has 100 valence electrons. The van der Waals surface area contributed by atoms with Crippen molar-refractivity contribution in [1.29, 1.82) is 0 Å². The summed E-state index contributed by atoms with van der Waals surface area (Å²) in [5.74, 6) is 0. The predicted octanol–water partition coefficient (Wildman–Crippen LogP) is 3.93. The number of benzene rings is 1. The van der Waals surface area contributed by atoms with Crippen LogP contribution in [0.15, 0.2) is 18.2 Å². The van der Waals surface area contributed by atoms with Crippen molar-refractivity contribution in [1.82, 2.24) is 4.90 Å². The minimum atomic E-state index is 0.741. The van der Waals surface area contributed by atoms with Crippen molar-refractivity contribution >= 4 is 17.3 Å². The normalized spacial score (nSPS) is 20.9. The first-order chi connectivity index (χ1) is 8.66. The summed E-state index contributed by atoms with van der Waals surface area (Å²) in [6.45, 7) is 4.39. The molecule has 2 rings (SSSR count). The van der Waals surface area contributed by atoms with Crippen LogP contribution in [0.5, 0.6) is 0 Å². The molecule has 0 radical (unpaired) electrons. The molecule has 0 spiro atoms. The Morgan fingerprint density at radius 1 is 1.39 bits per heavy atom. The third kappa shape index (κ3) is 3.63. The molecule has 3 heteroatoms. The van der Waals surface area contributed by atoms with Gasteiger partial charge in [0, 0.05) is 23.3 Å². The average Bonchev–Trinajstić information content (AvgIpc) is 2.36. The zero-order valence-corrected chi connectivity index (χ0v) is 12.1. The number of hydrogen-bond acceptors (Lipinski definition) is 2. The quantitative estimate of drug-likeness (QED) is 0.888. The number of halogens is 1. The molecular formula is C15H23ClN2. The number of likely N-dealkylation sites (tertiary alicyclic amines) is 1. The van der Waals surface area contributed by atoms with Crippen LogP contribution in [0.2, 0.25) is 5.02 Å². The molecule has 2 nitrogen and oxygen atoms in total. The molecule has 18 heavy (non-hydrogen) atoms. The highest BCUT2D eigenvalue weighted by atomic mass is 35.5. The lowest BCUT2D eigenvalue weighted by Gasteiger charge is -2.32. The Labute approximate surface area is 115 Å². The van der Waals surface area contributed by atoms with Crippen molar-refractivity contribution in [2.75, 3.05) is 25.5 Å².